The molecule has 0 saturated heterocycles. The molecule has 208 valence electrons. The molecule has 9 heteroatoms. The number of ether oxygens (including phenoxy) is 2. The largest absolute Gasteiger partial charge is 0.482 e. The molecule has 3 heterocycles. The van der Waals surface area contributed by atoms with Gasteiger partial charge in [0, 0.05) is 43.5 Å². The molecule has 0 aromatic carbocycles. The third-order valence-electron chi connectivity index (χ3n) is 9.07. The molecule has 6 unspecified atom stereocenters. The van der Waals surface area contributed by atoms with Gasteiger partial charge < -0.3 is 29.2 Å². The molecule has 2 aliphatic carbocycles. The third kappa shape index (κ3) is 4.54. The number of aliphatic hydroxyl groups is 3. The Labute approximate surface area is 222 Å². The molecule has 0 bridgehead atoms. The number of hydrogen-bond acceptors (Lipinski definition) is 9. The zero-order valence-electron chi connectivity index (χ0n) is 22.7. The maximum atomic E-state index is 13.2. The highest BCUT2D eigenvalue weighted by atomic mass is 16.6. The van der Waals surface area contributed by atoms with Crippen LogP contribution < -0.4 is 10.4 Å². The van der Waals surface area contributed by atoms with Gasteiger partial charge in [0.2, 0.25) is 0 Å². The highest BCUT2D eigenvalue weighted by Gasteiger charge is 2.67. The summed E-state index contributed by atoms with van der Waals surface area (Å²) in [5.41, 5.74) is -1.49. The van der Waals surface area contributed by atoms with Gasteiger partial charge >= 0.3 is 11.6 Å². The van der Waals surface area contributed by atoms with Crippen molar-refractivity contribution in [2.75, 3.05) is 7.11 Å². The summed E-state index contributed by atoms with van der Waals surface area (Å²) in [5, 5.41) is 29.5. The van der Waals surface area contributed by atoms with E-state index in [1.54, 1.807) is 30.6 Å². The zero-order valence-corrected chi connectivity index (χ0v) is 22.7. The summed E-state index contributed by atoms with van der Waals surface area (Å²) >= 11 is 0. The van der Waals surface area contributed by atoms with Gasteiger partial charge in [0.15, 0.2) is 0 Å². The first-order chi connectivity index (χ1) is 18.1. The van der Waals surface area contributed by atoms with E-state index in [0.29, 0.717) is 31.2 Å². The molecule has 2 aromatic rings. The van der Waals surface area contributed by atoms with Crippen LogP contribution in [-0.2, 0) is 9.53 Å². The van der Waals surface area contributed by atoms with E-state index in [9.17, 15) is 19.8 Å². The minimum absolute atomic E-state index is 0.0275. The Morgan fingerprint density at radius 3 is 2.66 bits per heavy atom. The fourth-order valence-corrected chi connectivity index (χ4v) is 7.24. The maximum absolute atomic E-state index is 13.2. The summed E-state index contributed by atoms with van der Waals surface area (Å²) < 4.78 is 18.3. The molecule has 3 aliphatic rings. The lowest BCUT2D eigenvalue weighted by atomic mass is 9.46. The fraction of sp³-hybridized carbons (Fsp3) is 0.621. The van der Waals surface area contributed by atoms with Crippen LogP contribution in [0.2, 0.25) is 0 Å². The molecule has 1 aliphatic heterocycles. The van der Waals surface area contributed by atoms with Gasteiger partial charge in [-0.05, 0) is 62.0 Å². The number of fused-ring (bicyclic) bond motifs is 4. The lowest BCUT2D eigenvalue weighted by Crippen LogP contribution is -2.69. The first kappa shape index (κ1) is 28.3. The van der Waals surface area contributed by atoms with Crippen molar-refractivity contribution in [1.82, 2.24) is 4.98 Å². The van der Waals surface area contributed by atoms with E-state index in [2.05, 4.69) is 11.9 Å². The molecule has 2 fully saturated rings. The van der Waals surface area contributed by atoms with Gasteiger partial charge in [-0.3, -0.25) is 9.78 Å². The van der Waals surface area contributed by atoms with Crippen molar-refractivity contribution in [3.8, 4) is 17.1 Å². The quantitative estimate of drug-likeness (QED) is 0.507. The van der Waals surface area contributed by atoms with E-state index < -0.39 is 40.9 Å². The number of carbonyl (C=O) groups excluding carboxylic acids is 1. The van der Waals surface area contributed by atoms with Crippen LogP contribution in [0.25, 0.3) is 11.3 Å². The van der Waals surface area contributed by atoms with E-state index in [1.807, 2.05) is 20.8 Å². The molecule has 8 atom stereocenters. The predicted octanol–water partition coefficient (Wildman–Crippen LogP) is 3.64. The summed E-state index contributed by atoms with van der Waals surface area (Å²) in [6.07, 6.45) is 3.62. The molecule has 0 spiro atoms. The number of rotatable bonds is 4. The highest BCUT2D eigenvalue weighted by Crippen LogP contribution is 2.64. The molecule has 2 saturated carbocycles. The van der Waals surface area contributed by atoms with Gasteiger partial charge in [0.25, 0.3) is 0 Å². The van der Waals surface area contributed by atoms with Gasteiger partial charge in [-0.25, -0.2) is 4.79 Å². The van der Waals surface area contributed by atoms with E-state index in [4.69, 9.17) is 19.0 Å². The SMILES string of the molecule is CCCC(=O)OC1CC2C(C)[C@@H](O)CCC2(C)C2C(O)c3c(cc(-c4cccnc4)oc3=O)O[C@]12C.CO. The number of aliphatic hydroxyl groups excluding tert-OH is 3. The van der Waals surface area contributed by atoms with Gasteiger partial charge in [-0.15, -0.1) is 0 Å². The van der Waals surface area contributed by atoms with Crippen molar-refractivity contribution >= 4 is 5.97 Å². The number of hydrogen-bond donors (Lipinski definition) is 3. The first-order valence-electron chi connectivity index (χ1n) is 13.4. The summed E-state index contributed by atoms with van der Waals surface area (Å²) in [7, 11) is 1.00. The van der Waals surface area contributed by atoms with Crippen LogP contribution in [0.1, 0.15) is 71.5 Å². The van der Waals surface area contributed by atoms with Crippen molar-refractivity contribution < 1.29 is 34.0 Å². The van der Waals surface area contributed by atoms with E-state index in [0.717, 1.165) is 7.11 Å². The molecule has 5 rings (SSSR count). The number of pyridine rings is 1. The highest BCUT2D eigenvalue weighted by molar-refractivity contribution is 5.69. The summed E-state index contributed by atoms with van der Waals surface area (Å²) in [6, 6.07) is 5.13. The number of nitrogens with zero attached hydrogens (tertiary/aromatic N) is 1. The minimum atomic E-state index is -1.18. The molecular weight excluding hydrogens is 490 g/mol. The van der Waals surface area contributed by atoms with E-state index in [1.165, 1.54) is 0 Å². The molecule has 9 nitrogen and oxygen atoms in total. The molecule has 2 aromatic heterocycles. The number of carbonyl (C=O) groups is 1. The monoisotopic (exact) mass is 529 g/mol. The standard InChI is InChI=1S/C28H35NO7.CH4O/c1-5-7-22(31)35-21-12-17-15(2)18(30)9-10-27(17,3)25-24(32)23-20(36-28(21,25)4)13-19(34-26(23)33)16-8-6-11-29-14-16;1-2/h6,8,11,13-15,17-18,21,24-25,30,32H,5,7,9-10,12H2,1-4H3;2H,1H3/t15?,17?,18-,21?,24?,25?,27?,28+;/m0./s1. The second-order valence-corrected chi connectivity index (χ2v) is 11.2. The normalized spacial score (nSPS) is 35.4. The average Bonchev–Trinajstić information content (AvgIpc) is 2.89. The third-order valence-corrected chi connectivity index (χ3v) is 9.07. The Morgan fingerprint density at radius 1 is 1.26 bits per heavy atom. The van der Waals surface area contributed by atoms with E-state index in [-0.39, 0.29) is 41.3 Å². The van der Waals surface area contributed by atoms with Crippen LogP contribution in [0.3, 0.4) is 0 Å². The van der Waals surface area contributed by atoms with Gasteiger partial charge in [0.1, 0.15) is 28.8 Å². The second kappa shape index (κ2) is 10.8. The summed E-state index contributed by atoms with van der Waals surface area (Å²) in [5.74, 6) is -0.423. The zero-order chi connectivity index (χ0) is 27.8. The molecule has 0 radical (unpaired) electrons. The maximum Gasteiger partial charge on any atom is 0.345 e. The van der Waals surface area contributed by atoms with Crippen molar-refractivity contribution in [2.24, 2.45) is 23.2 Å². The van der Waals surface area contributed by atoms with Crippen LogP contribution in [-0.4, -0.2) is 51.2 Å². The summed E-state index contributed by atoms with van der Waals surface area (Å²) in [6.45, 7) is 7.91. The van der Waals surface area contributed by atoms with Gasteiger partial charge in [0.05, 0.1) is 12.2 Å². The van der Waals surface area contributed by atoms with E-state index >= 15 is 0 Å². The Bertz CT molecular complexity index is 1200. The molecule has 3 N–H and O–H groups in total. The van der Waals surface area contributed by atoms with Crippen LogP contribution in [0.5, 0.6) is 5.75 Å². The Kier molecular flexibility index (Phi) is 8.02. The predicted molar refractivity (Wildman–Crippen MR) is 139 cm³/mol. The summed E-state index contributed by atoms with van der Waals surface area (Å²) in [4.78, 5) is 30.0. The minimum Gasteiger partial charge on any atom is -0.482 e. The van der Waals surface area contributed by atoms with Gasteiger partial charge in [-0.1, -0.05) is 20.8 Å². The van der Waals surface area contributed by atoms with Crippen LogP contribution in [0, 0.1) is 23.2 Å². The second-order valence-electron chi connectivity index (χ2n) is 11.2. The van der Waals surface area contributed by atoms with Crippen molar-refractivity contribution in [2.45, 2.75) is 83.7 Å². The topological polar surface area (TPSA) is 139 Å². The smallest absolute Gasteiger partial charge is 0.345 e. The first-order valence-corrected chi connectivity index (χ1v) is 13.4. The molecular formula is C29H39NO8. The Balaban J connectivity index is 0.00000164. The fourth-order valence-electron chi connectivity index (χ4n) is 7.24. The Morgan fingerprint density at radius 2 is 2.00 bits per heavy atom. The van der Waals surface area contributed by atoms with Gasteiger partial charge in [-0.2, -0.15) is 0 Å². The van der Waals surface area contributed by atoms with Crippen molar-refractivity contribution in [3.63, 3.8) is 0 Å². The molecule has 38 heavy (non-hydrogen) atoms. The average molecular weight is 530 g/mol. The van der Waals surface area contributed by atoms with Crippen LogP contribution >= 0.6 is 0 Å². The number of aromatic nitrogens is 1. The van der Waals surface area contributed by atoms with Crippen LogP contribution in [0.4, 0.5) is 0 Å². The van der Waals surface area contributed by atoms with Crippen LogP contribution in [0.15, 0.2) is 39.8 Å². The van der Waals surface area contributed by atoms with Crippen molar-refractivity contribution in [3.05, 3.63) is 46.6 Å². The molecule has 0 amide bonds. The Hall–Kier alpha value is -2.75. The van der Waals surface area contributed by atoms with Crippen molar-refractivity contribution in [1.29, 1.82) is 0 Å². The lowest BCUT2D eigenvalue weighted by Gasteiger charge is -2.63. The lowest BCUT2D eigenvalue weighted by molar-refractivity contribution is -0.249. The number of esters is 1.